The molecule has 1 aliphatic heterocycles. The molecule has 2 nitrogen and oxygen atoms in total. The fourth-order valence-corrected chi connectivity index (χ4v) is 3.16. The second-order valence-electron chi connectivity index (χ2n) is 5.54. The molecule has 1 heterocycles. The highest BCUT2D eigenvalue weighted by molar-refractivity contribution is 6.32. The van der Waals surface area contributed by atoms with Gasteiger partial charge in [-0.05, 0) is 25.0 Å². The first-order valence-corrected chi connectivity index (χ1v) is 7.92. The fraction of sp³-hybridized carbons (Fsp3) is 0.625. The van der Waals surface area contributed by atoms with Crippen molar-refractivity contribution >= 4 is 11.6 Å². The van der Waals surface area contributed by atoms with Crippen molar-refractivity contribution in [3.8, 4) is 0 Å². The SMILES string of the molecule is CCCC[C@@H](c1c(F)ccc(C)c1Cl)N1CCNCC1. The zero-order valence-corrected chi connectivity index (χ0v) is 13.1. The minimum Gasteiger partial charge on any atom is -0.314 e. The third-order valence-electron chi connectivity index (χ3n) is 4.08. The van der Waals surface area contributed by atoms with E-state index in [1.54, 1.807) is 12.1 Å². The second-order valence-corrected chi connectivity index (χ2v) is 5.91. The number of hydrogen-bond donors (Lipinski definition) is 1. The maximum atomic E-state index is 14.3. The first kappa shape index (κ1) is 15.7. The summed E-state index contributed by atoms with van der Waals surface area (Å²) in [7, 11) is 0. The second kappa shape index (κ2) is 7.39. The van der Waals surface area contributed by atoms with E-state index in [1.807, 2.05) is 6.92 Å². The van der Waals surface area contributed by atoms with Crippen molar-refractivity contribution in [1.82, 2.24) is 10.2 Å². The molecule has 0 amide bonds. The molecule has 1 aromatic carbocycles. The number of nitrogens with zero attached hydrogens (tertiary/aromatic N) is 1. The Morgan fingerprint density at radius 2 is 2.05 bits per heavy atom. The monoisotopic (exact) mass is 298 g/mol. The number of hydrogen-bond acceptors (Lipinski definition) is 2. The Bertz CT molecular complexity index is 444. The van der Waals surface area contributed by atoms with Crippen LogP contribution in [0.2, 0.25) is 5.02 Å². The Hall–Kier alpha value is -0.640. The van der Waals surface area contributed by atoms with Crippen molar-refractivity contribution in [1.29, 1.82) is 0 Å². The minimum absolute atomic E-state index is 0.101. The molecule has 0 saturated carbocycles. The van der Waals surface area contributed by atoms with Crippen molar-refractivity contribution in [2.24, 2.45) is 0 Å². The normalized spacial score (nSPS) is 18.2. The average molecular weight is 299 g/mol. The zero-order chi connectivity index (χ0) is 14.5. The van der Waals surface area contributed by atoms with Crippen molar-refractivity contribution in [2.75, 3.05) is 26.2 Å². The Morgan fingerprint density at radius 3 is 2.70 bits per heavy atom. The van der Waals surface area contributed by atoms with Gasteiger partial charge in [-0.15, -0.1) is 0 Å². The van der Waals surface area contributed by atoms with E-state index in [2.05, 4.69) is 17.1 Å². The van der Waals surface area contributed by atoms with Crippen molar-refractivity contribution in [3.05, 3.63) is 34.1 Å². The Kier molecular flexibility index (Phi) is 5.82. The molecule has 1 fully saturated rings. The molecule has 1 aliphatic rings. The van der Waals surface area contributed by atoms with Gasteiger partial charge in [-0.25, -0.2) is 4.39 Å². The molecule has 4 heteroatoms. The van der Waals surface area contributed by atoms with Crippen LogP contribution >= 0.6 is 11.6 Å². The Morgan fingerprint density at radius 1 is 1.35 bits per heavy atom. The molecule has 0 bridgehead atoms. The molecule has 0 spiro atoms. The summed E-state index contributed by atoms with van der Waals surface area (Å²) in [4.78, 5) is 2.37. The van der Waals surface area contributed by atoms with Crippen LogP contribution in [0.3, 0.4) is 0 Å². The molecular formula is C16H24ClFN2. The predicted molar refractivity (Wildman–Crippen MR) is 82.9 cm³/mol. The molecule has 1 aromatic rings. The van der Waals surface area contributed by atoms with Crippen LogP contribution in [0.15, 0.2) is 12.1 Å². The summed E-state index contributed by atoms with van der Waals surface area (Å²) in [6.45, 7) is 7.96. The first-order valence-electron chi connectivity index (χ1n) is 7.54. The lowest BCUT2D eigenvalue weighted by Crippen LogP contribution is -2.45. The van der Waals surface area contributed by atoms with Gasteiger partial charge in [0, 0.05) is 37.8 Å². The van der Waals surface area contributed by atoms with E-state index in [0.717, 1.165) is 51.0 Å². The molecular weight excluding hydrogens is 275 g/mol. The number of nitrogens with one attached hydrogen (secondary N) is 1. The first-order chi connectivity index (χ1) is 9.65. The average Bonchev–Trinajstić information content (AvgIpc) is 2.47. The fourth-order valence-electron chi connectivity index (χ4n) is 2.88. The maximum absolute atomic E-state index is 14.3. The van der Waals surface area contributed by atoms with Crippen LogP contribution < -0.4 is 5.32 Å². The van der Waals surface area contributed by atoms with E-state index in [4.69, 9.17) is 11.6 Å². The van der Waals surface area contributed by atoms with Crippen LogP contribution in [0.1, 0.15) is 43.4 Å². The van der Waals surface area contributed by atoms with Crippen LogP contribution in [0.4, 0.5) is 4.39 Å². The van der Waals surface area contributed by atoms with Gasteiger partial charge in [0.1, 0.15) is 5.82 Å². The number of rotatable bonds is 5. The molecule has 20 heavy (non-hydrogen) atoms. The van der Waals surface area contributed by atoms with Gasteiger partial charge in [0.05, 0.1) is 5.02 Å². The van der Waals surface area contributed by atoms with Gasteiger partial charge in [-0.3, -0.25) is 4.90 Å². The van der Waals surface area contributed by atoms with Crippen LogP contribution in [0, 0.1) is 12.7 Å². The van der Waals surface area contributed by atoms with Crippen LogP contribution in [0.25, 0.3) is 0 Å². The largest absolute Gasteiger partial charge is 0.314 e. The van der Waals surface area contributed by atoms with E-state index >= 15 is 0 Å². The van der Waals surface area contributed by atoms with Gasteiger partial charge in [0.15, 0.2) is 0 Å². The van der Waals surface area contributed by atoms with Gasteiger partial charge in [0.25, 0.3) is 0 Å². The summed E-state index contributed by atoms with van der Waals surface area (Å²) in [5.41, 5.74) is 1.65. The van der Waals surface area contributed by atoms with Gasteiger partial charge < -0.3 is 5.32 Å². The number of piperazine rings is 1. The highest BCUT2D eigenvalue weighted by atomic mass is 35.5. The van der Waals surface area contributed by atoms with Gasteiger partial charge in [-0.2, -0.15) is 0 Å². The lowest BCUT2D eigenvalue weighted by molar-refractivity contribution is 0.160. The number of aryl methyl sites for hydroxylation is 1. The van der Waals surface area contributed by atoms with Crippen LogP contribution in [-0.2, 0) is 0 Å². The maximum Gasteiger partial charge on any atom is 0.129 e. The molecule has 0 aliphatic carbocycles. The van der Waals surface area contributed by atoms with E-state index in [0.29, 0.717) is 10.6 Å². The Balaban J connectivity index is 2.32. The summed E-state index contributed by atoms with van der Waals surface area (Å²) >= 11 is 6.41. The molecule has 0 radical (unpaired) electrons. The highest BCUT2D eigenvalue weighted by Crippen LogP contribution is 2.35. The van der Waals surface area contributed by atoms with E-state index < -0.39 is 0 Å². The van der Waals surface area contributed by atoms with Crippen molar-refractivity contribution < 1.29 is 4.39 Å². The molecule has 2 rings (SSSR count). The zero-order valence-electron chi connectivity index (χ0n) is 12.4. The molecule has 0 aromatic heterocycles. The smallest absolute Gasteiger partial charge is 0.129 e. The summed E-state index contributed by atoms with van der Waals surface area (Å²) < 4.78 is 14.3. The summed E-state index contributed by atoms with van der Waals surface area (Å²) in [6, 6.07) is 3.41. The molecule has 112 valence electrons. The lowest BCUT2D eigenvalue weighted by Gasteiger charge is -2.36. The van der Waals surface area contributed by atoms with Crippen LogP contribution in [-0.4, -0.2) is 31.1 Å². The Labute approximate surface area is 126 Å². The summed E-state index contributed by atoms with van der Waals surface area (Å²) in [6.07, 6.45) is 3.18. The lowest BCUT2D eigenvalue weighted by atomic mass is 9.96. The van der Waals surface area contributed by atoms with E-state index in [1.165, 1.54) is 0 Å². The number of unbranched alkanes of at least 4 members (excludes halogenated alkanes) is 1. The van der Waals surface area contributed by atoms with E-state index in [9.17, 15) is 4.39 Å². The third-order valence-corrected chi connectivity index (χ3v) is 4.58. The minimum atomic E-state index is -0.166. The van der Waals surface area contributed by atoms with Crippen molar-refractivity contribution in [2.45, 2.75) is 39.2 Å². The standard InChI is InChI=1S/C16H24ClFN2/c1-3-4-5-14(20-10-8-19-9-11-20)15-13(18)7-6-12(2)16(15)17/h6-7,14,19H,3-5,8-11H2,1-2H3/t14-/m0/s1. The summed E-state index contributed by atoms with van der Waals surface area (Å²) in [5.74, 6) is -0.166. The summed E-state index contributed by atoms with van der Waals surface area (Å²) in [5, 5.41) is 3.95. The molecule has 1 N–H and O–H groups in total. The van der Waals surface area contributed by atoms with Gasteiger partial charge in [0.2, 0.25) is 0 Å². The number of benzene rings is 1. The third kappa shape index (κ3) is 3.51. The van der Waals surface area contributed by atoms with Crippen molar-refractivity contribution in [3.63, 3.8) is 0 Å². The van der Waals surface area contributed by atoms with E-state index in [-0.39, 0.29) is 11.9 Å². The molecule has 1 atom stereocenters. The number of halogens is 2. The van der Waals surface area contributed by atoms with Gasteiger partial charge in [-0.1, -0.05) is 37.4 Å². The topological polar surface area (TPSA) is 15.3 Å². The highest BCUT2D eigenvalue weighted by Gasteiger charge is 2.26. The molecule has 1 saturated heterocycles. The quantitative estimate of drug-likeness (QED) is 0.886. The molecule has 0 unspecified atom stereocenters. The van der Waals surface area contributed by atoms with Crippen LogP contribution in [0.5, 0.6) is 0 Å². The van der Waals surface area contributed by atoms with Gasteiger partial charge >= 0.3 is 0 Å². The predicted octanol–water partition coefficient (Wildman–Crippen LogP) is 3.92.